The van der Waals surface area contributed by atoms with Crippen LogP contribution in [0.1, 0.15) is 40.5 Å². The Hall–Kier alpha value is -0.570. The van der Waals surface area contributed by atoms with Gasteiger partial charge in [0, 0.05) is 25.2 Å². The number of aliphatic imine (C=N–C) groups is 1. The van der Waals surface area contributed by atoms with Crippen molar-refractivity contribution in [3.8, 4) is 0 Å². The van der Waals surface area contributed by atoms with Crippen LogP contribution in [0.3, 0.4) is 0 Å². The summed E-state index contributed by atoms with van der Waals surface area (Å²) in [5.74, 6) is 0. The lowest BCUT2D eigenvalue weighted by molar-refractivity contribution is 0.164. The molecule has 3 nitrogen and oxygen atoms in total. The molecular formula is C12H25N3. The Morgan fingerprint density at radius 1 is 1.13 bits per heavy atom. The van der Waals surface area contributed by atoms with Gasteiger partial charge >= 0.3 is 0 Å². The molecule has 0 radical (unpaired) electrons. The highest BCUT2D eigenvalue weighted by Crippen LogP contribution is 2.30. The summed E-state index contributed by atoms with van der Waals surface area (Å²) in [6, 6.07) is 0.443. The Balaban J connectivity index is 2.67. The van der Waals surface area contributed by atoms with Gasteiger partial charge in [-0.15, -0.1) is 0 Å². The van der Waals surface area contributed by atoms with E-state index < -0.39 is 0 Å². The Morgan fingerprint density at radius 3 is 2.00 bits per heavy atom. The number of nitrogens with zero attached hydrogens (tertiary/aromatic N) is 2. The molecule has 0 bridgehead atoms. The molecule has 0 aromatic heterocycles. The van der Waals surface area contributed by atoms with E-state index in [-0.39, 0.29) is 11.1 Å². The summed E-state index contributed by atoms with van der Waals surface area (Å²) in [5, 5.41) is 3.66. The SMILES string of the molecule is CN(C)C=NC1CC(C)(C)NC(C)(C)C1. The van der Waals surface area contributed by atoms with Gasteiger partial charge in [0.25, 0.3) is 0 Å². The maximum atomic E-state index is 4.63. The summed E-state index contributed by atoms with van der Waals surface area (Å²) in [5.41, 5.74) is 0.381. The van der Waals surface area contributed by atoms with Crippen molar-refractivity contribution in [2.75, 3.05) is 14.1 Å². The maximum Gasteiger partial charge on any atom is 0.0848 e. The molecule has 1 rings (SSSR count). The highest BCUT2D eigenvalue weighted by atomic mass is 15.1. The smallest absolute Gasteiger partial charge is 0.0848 e. The van der Waals surface area contributed by atoms with E-state index in [9.17, 15) is 0 Å². The zero-order chi connectivity index (χ0) is 11.7. The molecule has 1 saturated heterocycles. The van der Waals surface area contributed by atoms with Crippen LogP contribution in [0.5, 0.6) is 0 Å². The molecule has 1 N–H and O–H groups in total. The minimum absolute atomic E-state index is 0.191. The van der Waals surface area contributed by atoms with Gasteiger partial charge in [-0.25, -0.2) is 0 Å². The first-order valence-corrected chi connectivity index (χ1v) is 5.69. The Labute approximate surface area is 94.0 Å². The van der Waals surface area contributed by atoms with E-state index in [0.717, 1.165) is 12.8 Å². The van der Waals surface area contributed by atoms with E-state index in [1.54, 1.807) is 0 Å². The molecule has 1 fully saturated rings. The molecule has 0 amide bonds. The van der Waals surface area contributed by atoms with Crippen LogP contribution in [-0.4, -0.2) is 42.5 Å². The van der Waals surface area contributed by atoms with Crippen LogP contribution in [0.4, 0.5) is 0 Å². The van der Waals surface area contributed by atoms with E-state index in [0.29, 0.717) is 6.04 Å². The lowest BCUT2D eigenvalue weighted by Gasteiger charge is -2.45. The van der Waals surface area contributed by atoms with Crippen LogP contribution < -0.4 is 5.32 Å². The Morgan fingerprint density at radius 2 is 1.60 bits per heavy atom. The second-order valence-electron chi connectivity index (χ2n) is 6.18. The van der Waals surface area contributed by atoms with Crippen LogP contribution >= 0.6 is 0 Å². The predicted molar refractivity (Wildman–Crippen MR) is 66.5 cm³/mol. The molecule has 0 saturated carbocycles. The fraction of sp³-hybridized carbons (Fsp3) is 0.917. The van der Waals surface area contributed by atoms with Gasteiger partial charge in [-0.3, -0.25) is 4.99 Å². The molecular weight excluding hydrogens is 186 g/mol. The fourth-order valence-corrected chi connectivity index (χ4v) is 2.60. The van der Waals surface area contributed by atoms with Crippen LogP contribution in [-0.2, 0) is 0 Å². The summed E-state index contributed by atoms with van der Waals surface area (Å²) in [6.45, 7) is 9.02. The monoisotopic (exact) mass is 211 g/mol. The van der Waals surface area contributed by atoms with Crippen molar-refractivity contribution in [3.63, 3.8) is 0 Å². The first-order chi connectivity index (χ1) is 6.70. The average Bonchev–Trinajstić information content (AvgIpc) is 1.94. The van der Waals surface area contributed by atoms with Crippen molar-refractivity contribution in [3.05, 3.63) is 0 Å². The zero-order valence-electron chi connectivity index (χ0n) is 11.0. The number of piperidine rings is 1. The summed E-state index contributed by atoms with van der Waals surface area (Å²) >= 11 is 0. The minimum Gasteiger partial charge on any atom is -0.369 e. The highest BCUT2D eigenvalue weighted by molar-refractivity contribution is 5.54. The Bertz CT molecular complexity index is 225. The lowest BCUT2D eigenvalue weighted by Crippen LogP contribution is -2.58. The molecule has 1 aliphatic heterocycles. The quantitative estimate of drug-likeness (QED) is 0.558. The van der Waals surface area contributed by atoms with E-state index in [1.165, 1.54) is 0 Å². The van der Waals surface area contributed by atoms with Gasteiger partial charge in [0.1, 0.15) is 0 Å². The van der Waals surface area contributed by atoms with E-state index in [2.05, 4.69) is 38.0 Å². The van der Waals surface area contributed by atoms with Crippen LogP contribution in [0, 0.1) is 0 Å². The Kier molecular flexibility index (Phi) is 3.44. The number of hydrogen-bond acceptors (Lipinski definition) is 2. The first kappa shape index (κ1) is 12.5. The largest absolute Gasteiger partial charge is 0.369 e. The first-order valence-electron chi connectivity index (χ1n) is 5.69. The molecule has 0 atom stereocenters. The average molecular weight is 211 g/mol. The highest BCUT2D eigenvalue weighted by Gasteiger charge is 2.37. The van der Waals surface area contributed by atoms with E-state index in [4.69, 9.17) is 0 Å². The summed E-state index contributed by atoms with van der Waals surface area (Å²) in [4.78, 5) is 6.64. The molecule has 0 aliphatic carbocycles. The fourth-order valence-electron chi connectivity index (χ4n) is 2.60. The second-order valence-corrected chi connectivity index (χ2v) is 6.18. The minimum atomic E-state index is 0.191. The van der Waals surface area contributed by atoms with Gasteiger partial charge in [-0.05, 0) is 40.5 Å². The van der Waals surface area contributed by atoms with Crippen LogP contribution in [0.15, 0.2) is 4.99 Å². The standard InChI is InChI=1S/C12H25N3/c1-11(2)7-10(13-9-15(5)6)8-12(3,4)14-11/h9-10,14H,7-8H2,1-6H3. The van der Waals surface area contributed by atoms with Gasteiger partial charge in [0.15, 0.2) is 0 Å². The zero-order valence-corrected chi connectivity index (χ0v) is 11.0. The third kappa shape index (κ3) is 4.20. The van der Waals surface area contributed by atoms with Crippen molar-refractivity contribution >= 4 is 6.34 Å². The second kappa shape index (κ2) is 4.12. The maximum absolute atomic E-state index is 4.63. The molecule has 0 aromatic rings. The van der Waals surface area contributed by atoms with Crippen molar-refractivity contribution in [1.82, 2.24) is 10.2 Å². The lowest BCUT2D eigenvalue weighted by atomic mass is 9.80. The van der Waals surface area contributed by atoms with Crippen LogP contribution in [0.2, 0.25) is 0 Å². The van der Waals surface area contributed by atoms with Crippen molar-refractivity contribution in [2.45, 2.75) is 57.7 Å². The van der Waals surface area contributed by atoms with E-state index in [1.807, 2.05) is 25.3 Å². The molecule has 88 valence electrons. The van der Waals surface area contributed by atoms with Gasteiger partial charge < -0.3 is 10.2 Å². The number of rotatable bonds is 2. The van der Waals surface area contributed by atoms with Crippen molar-refractivity contribution in [2.24, 2.45) is 4.99 Å². The number of hydrogen-bond donors (Lipinski definition) is 1. The summed E-state index contributed by atoms with van der Waals surface area (Å²) in [6.07, 6.45) is 4.16. The molecule has 0 aromatic carbocycles. The van der Waals surface area contributed by atoms with Crippen molar-refractivity contribution < 1.29 is 0 Å². The van der Waals surface area contributed by atoms with Gasteiger partial charge in [-0.1, -0.05) is 0 Å². The van der Waals surface area contributed by atoms with Gasteiger partial charge in [0.2, 0.25) is 0 Å². The summed E-state index contributed by atoms with van der Waals surface area (Å²) in [7, 11) is 4.03. The molecule has 0 unspecified atom stereocenters. The van der Waals surface area contributed by atoms with E-state index >= 15 is 0 Å². The third-order valence-corrected chi connectivity index (χ3v) is 2.68. The summed E-state index contributed by atoms with van der Waals surface area (Å²) < 4.78 is 0. The molecule has 3 heteroatoms. The topological polar surface area (TPSA) is 27.6 Å². The van der Waals surface area contributed by atoms with Gasteiger partial charge in [0.05, 0.1) is 12.4 Å². The molecule has 1 heterocycles. The molecule has 1 aliphatic rings. The third-order valence-electron chi connectivity index (χ3n) is 2.68. The predicted octanol–water partition coefficient (Wildman–Crippen LogP) is 1.89. The molecule has 0 spiro atoms. The van der Waals surface area contributed by atoms with Crippen molar-refractivity contribution in [1.29, 1.82) is 0 Å². The van der Waals surface area contributed by atoms with Crippen LogP contribution in [0.25, 0.3) is 0 Å². The normalized spacial score (nSPS) is 25.7. The number of nitrogens with one attached hydrogen (secondary N) is 1. The molecule has 15 heavy (non-hydrogen) atoms. The van der Waals surface area contributed by atoms with Gasteiger partial charge in [-0.2, -0.15) is 0 Å².